The lowest BCUT2D eigenvalue weighted by atomic mass is 10.1. The fourth-order valence-electron chi connectivity index (χ4n) is 3.80. The molecule has 1 fully saturated rings. The molecule has 0 saturated carbocycles. The predicted molar refractivity (Wildman–Crippen MR) is 140 cm³/mol. The van der Waals surface area contributed by atoms with Crippen molar-refractivity contribution in [3.05, 3.63) is 106 Å². The molecule has 37 heavy (non-hydrogen) atoms. The molecule has 1 aliphatic heterocycles. The maximum Gasteiger partial charge on any atom is 0.338 e. The highest BCUT2D eigenvalue weighted by Crippen LogP contribution is 2.38. The SMILES string of the molecule is Cc1ccc(C(=O)OCC2SC(O)C(OC(=O)c3ccc(C)cc3)C2OC(=O)c2ccc(C)cc2)cc1. The molecule has 1 heterocycles. The summed E-state index contributed by atoms with van der Waals surface area (Å²) in [6.45, 7) is 5.56. The first-order chi connectivity index (χ1) is 17.7. The first kappa shape index (κ1) is 26.4. The van der Waals surface area contributed by atoms with E-state index >= 15 is 0 Å². The summed E-state index contributed by atoms with van der Waals surface area (Å²) in [5.74, 6) is -1.83. The third-order valence-corrected chi connectivity index (χ3v) is 7.31. The van der Waals surface area contributed by atoms with Crippen molar-refractivity contribution < 1.29 is 33.7 Å². The Labute approximate surface area is 219 Å². The van der Waals surface area contributed by atoms with Gasteiger partial charge in [-0.2, -0.15) is 0 Å². The van der Waals surface area contributed by atoms with Crippen LogP contribution in [0.2, 0.25) is 0 Å². The number of thioether (sulfide) groups is 1. The van der Waals surface area contributed by atoms with E-state index in [1.54, 1.807) is 72.8 Å². The zero-order valence-corrected chi connectivity index (χ0v) is 21.6. The molecule has 8 heteroatoms. The van der Waals surface area contributed by atoms with Gasteiger partial charge in [0.05, 0.1) is 21.9 Å². The summed E-state index contributed by atoms with van der Waals surface area (Å²) < 4.78 is 16.9. The maximum atomic E-state index is 12.9. The number of rotatable bonds is 7. The van der Waals surface area contributed by atoms with Gasteiger partial charge in [0.25, 0.3) is 0 Å². The molecule has 4 atom stereocenters. The topological polar surface area (TPSA) is 99.1 Å². The minimum absolute atomic E-state index is 0.154. The number of benzene rings is 3. The van der Waals surface area contributed by atoms with Gasteiger partial charge in [-0.3, -0.25) is 0 Å². The van der Waals surface area contributed by atoms with Crippen LogP contribution in [0.5, 0.6) is 0 Å². The fourth-order valence-corrected chi connectivity index (χ4v) is 5.04. The highest BCUT2D eigenvalue weighted by Gasteiger charge is 2.49. The van der Waals surface area contributed by atoms with Crippen molar-refractivity contribution in [3.63, 3.8) is 0 Å². The van der Waals surface area contributed by atoms with Crippen molar-refractivity contribution in [3.8, 4) is 0 Å². The Morgan fingerprint density at radius 1 is 0.649 bits per heavy atom. The van der Waals surface area contributed by atoms with Gasteiger partial charge in [0, 0.05) is 0 Å². The summed E-state index contributed by atoms with van der Waals surface area (Å²) in [6, 6.07) is 20.6. The van der Waals surface area contributed by atoms with Crippen LogP contribution in [0, 0.1) is 20.8 Å². The molecule has 4 rings (SSSR count). The third-order valence-electron chi connectivity index (χ3n) is 6.01. The van der Waals surface area contributed by atoms with Crippen molar-refractivity contribution in [2.45, 2.75) is 43.7 Å². The van der Waals surface area contributed by atoms with E-state index < -0.39 is 40.8 Å². The van der Waals surface area contributed by atoms with Crippen molar-refractivity contribution in [1.29, 1.82) is 0 Å². The average Bonchev–Trinajstić information content (AvgIpc) is 3.17. The van der Waals surface area contributed by atoms with Crippen LogP contribution >= 0.6 is 11.8 Å². The summed E-state index contributed by atoms with van der Waals surface area (Å²) in [6.07, 6.45) is -2.20. The molecular formula is C29H28O7S. The Kier molecular flexibility index (Phi) is 8.31. The normalized spacial score (nSPS) is 20.8. The van der Waals surface area contributed by atoms with Crippen molar-refractivity contribution >= 4 is 29.7 Å². The minimum atomic E-state index is -1.19. The van der Waals surface area contributed by atoms with E-state index in [1.807, 2.05) is 20.8 Å². The zero-order chi connectivity index (χ0) is 26.5. The lowest BCUT2D eigenvalue weighted by Gasteiger charge is -2.24. The molecule has 1 saturated heterocycles. The van der Waals surface area contributed by atoms with Gasteiger partial charge in [0.2, 0.25) is 0 Å². The fraction of sp³-hybridized carbons (Fsp3) is 0.276. The number of aliphatic hydroxyl groups excluding tert-OH is 1. The quantitative estimate of drug-likeness (QED) is 0.355. The summed E-state index contributed by atoms with van der Waals surface area (Å²) in [7, 11) is 0. The largest absolute Gasteiger partial charge is 0.461 e. The van der Waals surface area contributed by atoms with Gasteiger partial charge in [-0.25, -0.2) is 14.4 Å². The number of esters is 3. The molecule has 7 nitrogen and oxygen atoms in total. The predicted octanol–water partition coefficient (Wildman–Crippen LogP) is 4.65. The molecule has 0 amide bonds. The Balaban J connectivity index is 1.52. The van der Waals surface area contributed by atoms with Crippen LogP contribution in [0.3, 0.4) is 0 Å². The molecule has 192 valence electrons. The molecule has 1 aliphatic rings. The Morgan fingerprint density at radius 2 is 1.03 bits per heavy atom. The van der Waals surface area contributed by atoms with Crippen molar-refractivity contribution in [2.24, 2.45) is 0 Å². The van der Waals surface area contributed by atoms with Crippen LogP contribution in [0.4, 0.5) is 0 Å². The van der Waals surface area contributed by atoms with Gasteiger partial charge >= 0.3 is 17.9 Å². The summed E-state index contributed by atoms with van der Waals surface area (Å²) >= 11 is 1.02. The average molecular weight is 521 g/mol. The molecule has 0 radical (unpaired) electrons. The van der Waals surface area contributed by atoms with Crippen molar-refractivity contribution in [2.75, 3.05) is 6.61 Å². The van der Waals surface area contributed by atoms with E-state index in [0.29, 0.717) is 16.7 Å². The highest BCUT2D eigenvalue weighted by molar-refractivity contribution is 8.00. The Bertz CT molecular complexity index is 1250. The van der Waals surface area contributed by atoms with Gasteiger partial charge in [-0.1, -0.05) is 53.1 Å². The van der Waals surface area contributed by atoms with Crippen LogP contribution in [-0.2, 0) is 14.2 Å². The molecule has 0 spiro atoms. The first-order valence-electron chi connectivity index (χ1n) is 11.8. The number of ether oxygens (including phenoxy) is 3. The van der Waals surface area contributed by atoms with E-state index in [4.69, 9.17) is 14.2 Å². The highest BCUT2D eigenvalue weighted by atomic mass is 32.2. The van der Waals surface area contributed by atoms with Crippen LogP contribution in [0.1, 0.15) is 47.8 Å². The van der Waals surface area contributed by atoms with E-state index in [-0.39, 0.29) is 6.61 Å². The summed E-state index contributed by atoms with van der Waals surface area (Å²) in [5.41, 5.74) is 2.78. The lowest BCUT2D eigenvalue weighted by Crippen LogP contribution is -2.41. The molecule has 4 unspecified atom stereocenters. The zero-order valence-electron chi connectivity index (χ0n) is 20.7. The smallest absolute Gasteiger partial charge is 0.338 e. The van der Waals surface area contributed by atoms with Crippen LogP contribution < -0.4 is 0 Å². The van der Waals surface area contributed by atoms with Gasteiger partial charge in [-0.05, 0) is 57.2 Å². The standard InChI is InChI=1S/C29H28O7S/c1-17-4-10-20(11-5-17)26(30)34-16-23-24(35-27(31)21-12-6-18(2)7-13-21)25(29(33)37-23)36-28(32)22-14-8-19(3)9-15-22/h4-15,23-25,29,33H,16H2,1-3H3. The molecular weight excluding hydrogens is 492 g/mol. The first-order valence-corrected chi connectivity index (χ1v) is 12.8. The van der Waals surface area contributed by atoms with E-state index in [9.17, 15) is 19.5 Å². The second kappa shape index (κ2) is 11.6. The molecule has 0 aromatic heterocycles. The van der Waals surface area contributed by atoms with Crippen LogP contribution in [0.25, 0.3) is 0 Å². The van der Waals surface area contributed by atoms with Gasteiger partial charge < -0.3 is 19.3 Å². The van der Waals surface area contributed by atoms with E-state index in [2.05, 4.69) is 0 Å². The van der Waals surface area contributed by atoms with E-state index in [1.165, 1.54) is 0 Å². The van der Waals surface area contributed by atoms with Crippen LogP contribution in [0.15, 0.2) is 72.8 Å². The number of aryl methyl sites for hydroxylation is 3. The number of aliphatic hydroxyl groups is 1. The number of hydrogen-bond acceptors (Lipinski definition) is 8. The maximum absolute atomic E-state index is 12.9. The lowest BCUT2D eigenvalue weighted by molar-refractivity contribution is -0.0557. The van der Waals surface area contributed by atoms with Gasteiger partial charge in [-0.15, -0.1) is 11.8 Å². The molecule has 1 N–H and O–H groups in total. The molecule has 0 bridgehead atoms. The minimum Gasteiger partial charge on any atom is -0.461 e. The van der Waals surface area contributed by atoms with Gasteiger partial charge in [0.1, 0.15) is 12.0 Å². The number of carbonyl (C=O) groups excluding carboxylic acids is 3. The molecule has 3 aromatic carbocycles. The Hall–Kier alpha value is -3.62. The number of hydrogen-bond donors (Lipinski definition) is 1. The van der Waals surface area contributed by atoms with E-state index in [0.717, 1.165) is 28.5 Å². The second-order valence-corrected chi connectivity index (χ2v) is 10.4. The number of carbonyl (C=O) groups is 3. The second-order valence-electron chi connectivity index (χ2n) is 9.00. The van der Waals surface area contributed by atoms with Crippen molar-refractivity contribution in [1.82, 2.24) is 0 Å². The molecule has 3 aromatic rings. The molecule has 0 aliphatic carbocycles. The summed E-state index contributed by atoms with van der Waals surface area (Å²) in [5, 5.41) is 10.1. The monoisotopic (exact) mass is 520 g/mol. The van der Waals surface area contributed by atoms with Gasteiger partial charge in [0.15, 0.2) is 12.2 Å². The van der Waals surface area contributed by atoms with Crippen LogP contribution in [-0.4, -0.2) is 52.5 Å². The summed E-state index contributed by atoms with van der Waals surface area (Å²) in [4.78, 5) is 38.3. The Morgan fingerprint density at radius 3 is 1.46 bits per heavy atom. The third kappa shape index (κ3) is 6.58.